The van der Waals surface area contributed by atoms with Crippen LogP contribution >= 0.6 is 0 Å². The Bertz CT molecular complexity index is 415. The van der Waals surface area contributed by atoms with E-state index in [-0.39, 0.29) is 11.5 Å². The summed E-state index contributed by atoms with van der Waals surface area (Å²) in [5, 5.41) is 0. The van der Waals surface area contributed by atoms with Crippen LogP contribution in [0.1, 0.15) is 44.9 Å². The van der Waals surface area contributed by atoms with E-state index in [1.807, 2.05) is 0 Å². The molecule has 3 heteroatoms. The molecule has 0 aromatic carbocycles. The van der Waals surface area contributed by atoms with Gasteiger partial charge in [-0.3, -0.25) is 4.79 Å². The van der Waals surface area contributed by atoms with Gasteiger partial charge in [0.1, 0.15) is 0 Å². The van der Waals surface area contributed by atoms with E-state index in [1.165, 1.54) is 44.9 Å². The Morgan fingerprint density at radius 3 is 1.95 bits per heavy atom. The van der Waals surface area contributed by atoms with Crippen LogP contribution < -0.4 is 5.73 Å². The van der Waals surface area contributed by atoms with Crippen molar-refractivity contribution in [3.63, 3.8) is 0 Å². The third kappa shape index (κ3) is 1.59. The minimum Gasteiger partial charge on any atom is -0.341 e. The number of piperidine rings is 1. The Morgan fingerprint density at radius 2 is 1.45 bits per heavy atom. The van der Waals surface area contributed by atoms with Crippen LogP contribution in [0.3, 0.4) is 0 Å². The molecular formula is C17H26N2O. The average Bonchev–Trinajstić information content (AvgIpc) is 3.02. The fraction of sp³-hybridized carbons (Fsp3) is 0.941. The number of amides is 1. The predicted molar refractivity (Wildman–Crippen MR) is 76.8 cm³/mol. The summed E-state index contributed by atoms with van der Waals surface area (Å²) < 4.78 is 0. The lowest BCUT2D eigenvalue weighted by Crippen LogP contribution is -2.60. The van der Waals surface area contributed by atoms with Gasteiger partial charge in [-0.1, -0.05) is 0 Å². The number of hydrogen-bond donors (Lipinski definition) is 1. The van der Waals surface area contributed by atoms with Crippen molar-refractivity contribution in [2.75, 3.05) is 13.1 Å². The number of likely N-dealkylation sites (tertiary alicyclic amines) is 1. The fourth-order valence-corrected chi connectivity index (χ4v) is 6.60. The number of hydrogen-bond acceptors (Lipinski definition) is 2. The van der Waals surface area contributed by atoms with E-state index in [4.69, 9.17) is 5.73 Å². The zero-order valence-corrected chi connectivity index (χ0v) is 12.3. The van der Waals surface area contributed by atoms with Crippen molar-refractivity contribution in [3.05, 3.63) is 0 Å². The topological polar surface area (TPSA) is 46.3 Å². The van der Waals surface area contributed by atoms with Gasteiger partial charge in [-0.15, -0.1) is 0 Å². The van der Waals surface area contributed by atoms with Crippen molar-refractivity contribution < 1.29 is 4.79 Å². The largest absolute Gasteiger partial charge is 0.341 e. The van der Waals surface area contributed by atoms with E-state index in [0.29, 0.717) is 5.91 Å². The van der Waals surface area contributed by atoms with E-state index >= 15 is 0 Å². The second-order valence-electron chi connectivity index (χ2n) is 8.76. The normalized spacial score (nSPS) is 53.0. The molecule has 1 amide bonds. The van der Waals surface area contributed by atoms with Gasteiger partial charge in [-0.25, -0.2) is 0 Å². The summed E-state index contributed by atoms with van der Waals surface area (Å²) in [7, 11) is 0. The first-order valence-corrected chi connectivity index (χ1v) is 8.67. The van der Waals surface area contributed by atoms with E-state index in [9.17, 15) is 4.79 Å². The number of carbonyl (C=O) groups excluding carboxylic acids is 1. The summed E-state index contributed by atoms with van der Waals surface area (Å²) in [5.41, 5.74) is 6.74. The van der Waals surface area contributed by atoms with Crippen LogP contribution in [-0.4, -0.2) is 29.9 Å². The van der Waals surface area contributed by atoms with Gasteiger partial charge in [0.2, 0.25) is 5.91 Å². The van der Waals surface area contributed by atoms with Gasteiger partial charge < -0.3 is 10.6 Å². The second-order valence-corrected chi connectivity index (χ2v) is 8.76. The van der Waals surface area contributed by atoms with Crippen LogP contribution in [0.15, 0.2) is 0 Å². The average molecular weight is 274 g/mol. The lowest BCUT2D eigenvalue weighted by atomic mass is 9.47. The highest BCUT2D eigenvalue weighted by atomic mass is 16.2. The van der Waals surface area contributed by atoms with E-state index in [0.717, 1.165) is 42.7 Å². The molecule has 1 heterocycles. The van der Waals surface area contributed by atoms with Crippen molar-refractivity contribution in [1.82, 2.24) is 4.90 Å². The van der Waals surface area contributed by atoms with Crippen molar-refractivity contribution in [1.29, 1.82) is 0 Å². The molecule has 0 spiro atoms. The second kappa shape index (κ2) is 3.79. The Balaban J connectivity index is 1.37. The maximum Gasteiger partial charge on any atom is 0.240 e. The summed E-state index contributed by atoms with van der Waals surface area (Å²) in [4.78, 5) is 14.9. The molecule has 20 heavy (non-hydrogen) atoms. The molecule has 5 saturated carbocycles. The van der Waals surface area contributed by atoms with Crippen LogP contribution in [0.5, 0.6) is 0 Å². The van der Waals surface area contributed by atoms with Crippen LogP contribution in [0.2, 0.25) is 0 Å². The maximum atomic E-state index is 12.8. The standard InChI is InChI=1S/C17H26N2O/c18-15(16(20)19-8-13-4-14(13)9-19)17-5-10-1-11(6-17)3-12(2-10)7-17/h10-15H,1-9,18H2. The van der Waals surface area contributed by atoms with Gasteiger partial charge in [0.15, 0.2) is 0 Å². The van der Waals surface area contributed by atoms with Crippen LogP contribution in [0.25, 0.3) is 0 Å². The summed E-state index contributed by atoms with van der Waals surface area (Å²) in [6, 6.07) is -0.201. The van der Waals surface area contributed by atoms with Gasteiger partial charge in [-0.2, -0.15) is 0 Å². The molecule has 0 aromatic rings. The predicted octanol–water partition coefficient (Wildman–Crippen LogP) is 2.01. The first-order chi connectivity index (χ1) is 9.63. The first kappa shape index (κ1) is 12.0. The molecule has 6 fully saturated rings. The molecule has 110 valence electrons. The molecule has 1 saturated heterocycles. The van der Waals surface area contributed by atoms with Crippen molar-refractivity contribution >= 4 is 5.91 Å². The van der Waals surface area contributed by atoms with Gasteiger partial charge in [0.25, 0.3) is 0 Å². The quantitative estimate of drug-likeness (QED) is 0.837. The highest BCUT2D eigenvalue weighted by Gasteiger charge is 2.56. The van der Waals surface area contributed by atoms with Crippen molar-refractivity contribution in [2.24, 2.45) is 40.7 Å². The van der Waals surface area contributed by atoms with Crippen LogP contribution in [0, 0.1) is 35.0 Å². The number of nitrogens with zero attached hydrogens (tertiary/aromatic N) is 1. The molecule has 3 unspecified atom stereocenters. The van der Waals surface area contributed by atoms with E-state index < -0.39 is 0 Å². The lowest BCUT2D eigenvalue weighted by Gasteiger charge is -2.58. The summed E-state index contributed by atoms with van der Waals surface area (Å²) in [5.74, 6) is 4.58. The molecule has 4 bridgehead atoms. The Labute approximate surface area is 121 Å². The Hall–Kier alpha value is -0.570. The Kier molecular flexibility index (Phi) is 2.28. The zero-order chi connectivity index (χ0) is 13.5. The minimum atomic E-state index is -0.201. The third-order valence-corrected chi connectivity index (χ3v) is 7.30. The molecular weight excluding hydrogens is 248 g/mol. The summed E-state index contributed by atoms with van der Waals surface area (Å²) >= 11 is 0. The monoisotopic (exact) mass is 274 g/mol. The Morgan fingerprint density at radius 1 is 0.950 bits per heavy atom. The van der Waals surface area contributed by atoms with Gasteiger partial charge in [0, 0.05) is 13.1 Å². The minimum absolute atomic E-state index is 0.179. The summed E-state index contributed by atoms with van der Waals surface area (Å²) in [6.07, 6.45) is 9.36. The molecule has 2 N–H and O–H groups in total. The molecule has 5 aliphatic carbocycles. The van der Waals surface area contributed by atoms with E-state index in [1.54, 1.807) is 0 Å². The van der Waals surface area contributed by atoms with Gasteiger partial charge >= 0.3 is 0 Å². The number of fused-ring (bicyclic) bond motifs is 1. The first-order valence-electron chi connectivity index (χ1n) is 8.67. The molecule has 6 rings (SSSR count). The zero-order valence-electron chi connectivity index (χ0n) is 12.3. The maximum absolute atomic E-state index is 12.8. The van der Waals surface area contributed by atoms with E-state index in [2.05, 4.69) is 4.90 Å². The molecule has 3 atom stereocenters. The SMILES string of the molecule is NC(C(=O)N1CC2CC2C1)C12CC3CC(CC(C3)C1)C2. The fourth-order valence-electron chi connectivity index (χ4n) is 6.60. The smallest absolute Gasteiger partial charge is 0.240 e. The summed E-state index contributed by atoms with van der Waals surface area (Å²) in [6.45, 7) is 2.01. The van der Waals surface area contributed by atoms with Crippen molar-refractivity contribution in [2.45, 2.75) is 51.0 Å². The molecule has 6 aliphatic rings. The highest BCUT2D eigenvalue weighted by molar-refractivity contribution is 5.83. The van der Waals surface area contributed by atoms with Crippen LogP contribution in [-0.2, 0) is 4.79 Å². The third-order valence-electron chi connectivity index (χ3n) is 7.30. The van der Waals surface area contributed by atoms with Gasteiger partial charge in [0.05, 0.1) is 6.04 Å². The van der Waals surface area contributed by atoms with Gasteiger partial charge in [-0.05, 0) is 80.0 Å². The molecule has 3 nitrogen and oxygen atoms in total. The number of rotatable bonds is 2. The lowest BCUT2D eigenvalue weighted by molar-refractivity contribution is -0.142. The molecule has 0 radical (unpaired) electrons. The number of carbonyl (C=O) groups is 1. The molecule has 0 aromatic heterocycles. The highest BCUT2D eigenvalue weighted by Crippen LogP contribution is 2.61. The molecule has 1 aliphatic heterocycles. The van der Waals surface area contributed by atoms with Crippen LogP contribution in [0.4, 0.5) is 0 Å². The number of nitrogens with two attached hydrogens (primary N) is 1. The van der Waals surface area contributed by atoms with Crippen molar-refractivity contribution in [3.8, 4) is 0 Å².